The van der Waals surface area contributed by atoms with Crippen molar-refractivity contribution >= 4 is 27.5 Å². The van der Waals surface area contributed by atoms with Crippen molar-refractivity contribution in [1.82, 2.24) is 4.90 Å². The Bertz CT molecular complexity index is 1740. The summed E-state index contributed by atoms with van der Waals surface area (Å²) in [6.07, 6.45) is 3.29. The van der Waals surface area contributed by atoms with Gasteiger partial charge in [-0.05, 0) is 95.6 Å². The van der Waals surface area contributed by atoms with Crippen LogP contribution in [0.2, 0.25) is 0 Å². The van der Waals surface area contributed by atoms with Gasteiger partial charge in [0.05, 0.1) is 11.1 Å². The highest BCUT2D eigenvalue weighted by molar-refractivity contribution is 9.10. The molecule has 0 spiro atoms. The molecule has 6 rings (SSSR count). The molecule has 0 radical (unpaired) electrons. The van der Waals surface area contributed by atoms with E-state index in [1.54, 1.807) is 0 Å². The van der Waals surface area contributed by atoms with Crippen molar-refractivity contribution < 1.29 is 19.1 Å². The van der Waals surface area contributed by atoms with E-state index in [9.17, 15) is 9.59 Å². The summed E-state index contributed by atoms with van der Waals surface area (Å²) in [7, 11) is 0. The Labute approximate surface area is 294 Å². The number of ether oxygens (including phenoxy) is 2. The van der Waals surface area contributed by atoms with E-state index in [0.29, 0.717) is 37.6 Å². The van der Waals surface area contributed by atoms with Gasteiger partial charge >= 0.3 is 0 Å². The topological polar surface area (TPSA) is 55.8 Å². The molecule has 3 aromatic carbocycles. The van der Waals surface area contributed by atoms with Crippen LogP contribution in [0, 0.1) is 24.7 Å². The van der Waals surface area contributed by atoms with Gasteiger partial charge in [0, 0.05) is 47.8 Å². The van der Waals surface area contributed by atoms with Gasteiger partial charge in [-0.15, -0.1) is 0 Å². The van der Waals surface area contributed by atoms with Crippen LogP contribution in [0.4, 0.5) is 0 Å². The number of Topliss-reactive ketones (excluding diaryl/α,β-unsaturated/α-hetero) is 2. The molecule has 48 heavy (non-hydrogen) atoms. The first-order valence-corrected chi connectivity index (χ1v) is 18.0. The molecule has 1 aliphatic heterocycles. The number of nitrogens with zero attached hydrogens (tertiary/aromatic N) is 1. The fourth-order valence-corrected chi connectivity index (χ4v) is 8.58. The summed E-state index contributed by atoms with van der Waals surface area (Å²) in [6, 6.07) is 20.9. The van der Waals surface area contributed by atoms with Gasteiger partial charge in [0.1, 0.15) is 6.61 Å². The summed E-state index contributed by atoms with van der Waals surface area (Å²) in [6.45, 7) is 16.5. The number of hydrogen-bond donors (Lipinski definition) is 0. The van der Waals surface area contributed by atoms with E-state index in [-0.39, 0.29) is 22.4 Å². The SMILES string of the molecule is CCOc1cc(C2C3=C(CC(C)(C)CC3=O)N(CCc3ccccc3)C3=C2C(=O)CC(C)(C)C3)cc(Br)c1OCc1cc(C)cc(C)c1. The maximum Gasteiger partial charge on any atom is 0.175 e. The Morgan fingerprint density at radius 1 is 0.771 bits per heavy atom. The first-order chi connectivity index (χ1) is 22.7. The fourth-order valence-electron chi connectivity index (χ4n) is 8.00. The van der Waals surface area contributed by atoms with Crippen LogP contribution in [0.15, 0.2) is 87.7 Å². The van der Waals surface area contributed by atoms with Crippen molar-refractivity contribution in [2.24, 2.45) is 10.8 Å². The van der Waals surface area contributed by atoms with Crippen molar-refractivity contribution in [1.29, 1.82) is 0 Å². The number of hydrogen-bond acceptors (Lipinski definition) is 5. The number of carbonyl (C=O) groups excluding carboxylic acids is 2. The van der Waals surface area contributed by atoms with Gasteiger partial charge in [-0.1, -0.05) is 87.4 Å². The van der Waals surface area contributed by atoms with Crippen molar-refractivity contribution in [3.63, 3.8) is 0 Å². The summed E-state index contributed by atoms with van der Waals surface area (Å²) in [4.78, 5) is 31.1. The van der Waals surface area contributed by atoms with Crippen LogP contribution in [-0.4, -0.2) is 29.6 Å². The van der Waals surface area contributed by atoms with Crippen molar-refractivity contribution in [3.8, 4) is 11.5 Å². The second-order valence-electron chi connectivity index (χ2n) is 15.5. The average molecular weight is 711 g/mol. The van der Waals surface area contributed by atoms with Crippen LogP contribution < -0.4 is 9.47 Å². The lowest BCUT2D eigenvalue weighted by atomic mass is 9.63. The van der Waals surface area contributed by atoms with Crippen LogP contribution >= 0.6 is 15.9 Å². The maximum atomic E-state index is 14.3. The summed E-state index contributed by atoms with van der Waals surface area (Å²) in [5.74, 6) is 1.03. The molecular formula is C42H48BrNO4. The third-order valence-corrected chi connectivity index (χ3v) is 10.4. The lowest BCUT2D eigenvalue weighted by molar-refractivity contribution is -0.119. The van der Waals surface area contributed by atoms with E-state index in [1.165, 1.54) is 16.7 Å². The lowest BCUT2D eigenvalue weighted by Gasteiger charge is -2.49. The fraction of sp³-hybridized carbons (Fsp3) is 0.429. The van der Waals surface area contributed by atoms with Gasteiger partial charge in [-0.2, -0.15) is 0 Å². The Kier molecular flexibility index (Phi) is 9.52. The number of allylic oxidation sites excluding steroid dienone is 4. The number of benzene rings is 3. The molecule has 1 heterocycles. The van der Waals surface area contributed by atoms with E-state index in [0.717, 1.165) is 63.9 Å². The zero-order valence-corrected chi connectivity index (χ0v) is 31.1. The number of aryl methyl sites for hydroxylation is 2. The molecule has 0 fully saturated rings. The zero-order valence-electron chi connectivity index (χ0n) is 29.5. The maximum absolute atomic E-state index is 14.3. The molecule has 0 atom stereocenters. The quantitative estimate of drug-likeness (QED) is 0.221. The highest BCUT2D eigenvalue weighted by Gasteiger charge is 2.49. The molecule has 0 unspecified atom stereocenters. The van der Waals surface area contributed by atoms with Gasteiger partial charge in [0.25, 0.3) is 0 Å². The molecule has 2 aliphatic carbocycles. The number of carbonyl (C=O) groups is 2. The molecule has 0 saturated heterocycles. The van der Waals surface area contributed by atoms with Crippen LogP contribution in [0.5, 0.6) is 11.5 Å². The van der Waals surface area contributed by atoms with Crippen molar-refractivity contribution in [2.75, 3.05) is 13.2 Å². The molecule has 0 N–H and O–H groups in total. The van der Waals surface area contributed by atoms with Crippen LogP contribution in [-0.2, 0) is 22.6 Å². The number of rotatable bonds is 9. The molecule has 0 saturated carbocycles. The van der Waals surface area contributed by atoms with E-state index < -0.39 is 5.92 Å². The van der Waals surface area contributed by atoms with E-state index in [2.05, 4.69) is 105 Å². The van der Waals surface area contributed by atoms with Crippen LogP contribution in [0.1, 0.15) is 94.0 Å². The summed E-state index contributed by atoms with van der Waals surface area (Å²) in [5, 5.41) is 0. The number of halogens is 1. The number of ketones is 2. The Balaban J connectivity index is 1.48. The minimum absolute atomic E-state index is 0.129. The molecule has 3 aromatic rings. The second-order valence-corrected chi connectivity index (χ2v) is 16.3. The molecular weight excluding hydrogens is 662 g/mol. The summed E-state index contributed by atoms with van der Waals surface area (Å²) >= 11 is 3.82. The summed E-state index contributed by atoms with van der Waals surface area (Å²) < 4.78 is 13.4. The highest BCUT2D eigenvalue weighted by atomic mass is 79.9. The van der Waals surface area contributed by atoms with Crippen LogP contribution in [0.3, 0.4) is 0 Å². The molecule has 0 amide bonds. The first-order valence-electron chi connectivity index (χ1n) is 17.3. The third kappa shape index (κ3) is 7.05. The van der Waals surface area contributed by atoms with Crippen LogP contribution in [0.25, 0.3) is 0 Å². The Hall–Kier alpha value is -3.64. The van der Waals surface area contributed by atoms with Crippen molar-refractivity contribution in [2.45, 2.75) is 93.1 Å². The average Bonchev–Trinajstić information content (AvgIpc) is 2.98. The predicted molar refractivity (Wildman–Crippen MR) is 195 cm³/mol. The monoisotopic (exact) mass is 709 g/mol. The molecule has 252 valence electrons. The van der Waals surface area contributed by atoms with E-state index in [4.69, 9.17) is 9.47 Å². The van der Waals surface area contributed by atoms with E-state index >= 15 is 0 Å². The molecule has 0 aromatic heterocycles. The highest BCUT2D eigenvalue weighted by Crippen LogP contribution is 2.55. The predicted octanol–water partition coefficient (Wildman–Crippen LogP) is 9.97. The Morgan fingerprint density at radius 2 is 1.35 bits per heavy atom. The van der Waals surface area contributed by atoms with Gasteiger partial charge in [-0.25, -0.2) is 0 Å². The van der Waals surface area contributed by atoms with Crippen molar-refractivity contribution in [3.05, 3.63) is 115 Å². The second kappa shape index (κ2) is 13.3. The first kappa shape index (κ1) is 34.2. The summed E-state index contributed by atoms with van der Waals surface area (Å²) in [5.41, 5.74) is 8.93. The zero-order chi connectivity index (χ0) is 34.4. The molecule has 5 nitrogen and oxygen atoms in total. The minimum atomic E-state index is -0.459. The van der Waals surface area contributed by atoms with Gasteiger partial charge in [0.15, 0.2) is 23.1 Å². The normalized spacial score (nSPS) is 19.0. The van der Waals surface area contributed by atoms with Gasteiger partial charge < -0.3 is 14.4 Å². The standard InChI is InChI=1S/C42H48BrNO4/c1-8-47-36-20-30(19-31(43)40(36)48-25-29-17-26(2)16-27(3)18-29)37-38-32(21-41(4,5)23-34(38)45)44(15-14-28-12-10-9-11-13-28)33-22-42(6,7)24-35(46)39(33)37/h9-13,16-20,37H,8,14-15,21-25H2,1-7H3. The molecule has 6 heteroatoms. The smallest absolute Gasteiger partial charge is 0.175 e. The lowest BCUT2D eigenvalue weighted by Crippen LogP contribution is -2.45. The largest absolute Gasteiger partial charge is 0.490 e. The molecule has 0 bridgehead atoms. The molecule has 3 aliphatic rings. The van der Waals surface area contributed by atoms with E-state index in [1.807, 2.05) is 25.1 Å². The Morgan fingerprint density at radius 3 is 1.92 bits per heavy atom. The minimum Gasteiger partial charge on any atom is -0.490 e. The van der Waals surface area contributed by atoms with Gasteiger partial charge in [-0.3, -0.25) is 9.59 Å². The van der Waals surface area contributed by atoms with Gasteiger partial charge in [0.2, 0.25) is 0 Å². The third-order valence-electron chi connectivity index (χ3n) is 9.82.